The van der Waals surface area contributed by atoms with Gasteiger partial charge in [-0.05, 0) is 48.2 Å². The van der Waals surface area contributed by atoms with Gasteiger partial charge >= 0.3 is 0 Å². The molecule has 7 heteroatoms. The number of sulfone groups is 1. The van der Waals surface area contributed by atoms with Gasteiger partial charge in [0.05, 0.1) is 4.90 Å². The molecule has 0 unspecified atom stereocenters. The van der Waals surface area contributed by atoms with E-state index in [1.165, 1.54) is 0 Å². The van der Waals surface area contributed by atoms with Gasteiger partial charge in [0.15, 0.2) is 20.8 Å². The third kappa shape index (κ3) is 3.42. The zero-order valence-corrected chi connectivity index (χ0v) is 18.4. The summed E-state index contributed by atoms with van der Waals surface area (Å²) in [5.74, 6) is -0.533. The average molecular weight is 434 g/mol. The van der Waals surface area contributed by atoms with Gasteiger partial charge in [0.25, 0.3) is 0 Å². The average Bonchev–Trinajstić information content (AvgIpc) is 2.61. The Balaban J connectivity index is 1.80. The van der Waals surface area contributed by atoms with E-state index in [1.807, 2.05) is 12.1 Å². The van der Waals surface area contributed by atoms with Crippen LogP contribution >= 0.6 is 11.6 Å². The molecule has 3 atom stereocenters. The third-order valence-electron chi connectivity index (χ3n) is 5.71. The van der Waals surface area contributed by atoms with E-state index < -0.39 is 32.6 Å². The van der Waals surface area contributed by atoms with Crippen LogP contribution < -0.4 is 10.1 Å². The molecule has 2 aromatic carbocycles. The maximum absolute atomic E-state index is 13.5. The van der Waals surface area contributed by atoms with Crippen LogP contribution in [-0.4, -0.2) is 25.3 Å². The van der Waals surface area contributed by atoms with Crippen molar-refractivity contribution in [2.75, 3.05) is 0 Å². The van der Waals surface area contributed by atoms with Crippen LogP contribution in [-0.2, 0) is 20.0 Å². The van der Waals surface area contributed by atoms with Gasteiger partial charge < -0.3 is 10.1 Å². The SMILES string of the molecule is CC(C)(C)c1ccc(S(=O)(=O)[C@H]2C(=O)N[C@]3(C)C[C@H]2c2cc(Cl)ccc2O3)cc1. The van der Waals surface area contributed by atoms with E-state index in [1.54, 1.807) is 37.3 Å². The molecule has 0 saturated carbocycles. The van der Waals surface area contributed by atoms with Crippen LogP contribution in [0.15, 0.2) is 47.4 Å². The number of fused-ring (bicyclic) bond motifs is 4. The second kappa shape index (κ2) is 6.47. The van der Waals surface area contributed by atoms with Crippen LogP contribution in [0.1, 0.15) is 51.2 Å². The first-order valence-electron chi connectivity index (χ1n) is 9.56. The third-order valence-corrected chi connectivity index (χ3v) is 8.09. The van der Waals surface area contributed by atoms with Gasteiger partial charge in [-0.1, -0.05) is 44.5 Å². The molecule has 2 aromatic rings. The van der Waals surface area contributed by atoms with E-state index in [0.29, 0.717) is 22.8 Å². The van der Waals surface area contributed by atoms with Gasteiger partial charge in [-0.2, -0.15) is 0 Å². The molecule has 29 heavy (non-hydrogen) atoms. The minimum atomic E-state index is -3.92. The Kier molecular flexibility index (Phi) is 4.52. The molecule has 2 aliphatic heterocycles. The standard InChI is InChI=1S/C22H24ClNO4S/c1-21(2,3)13-5-8-15(9-6-13)29(26,27)19-17-12-22(4,24-20(19)25)28-18-10-7-14(23)11-16(17)18/h5-11,17,19H,12H2,1-4H3,(H,24,25)/t17-,19+,22-/m0/s1. The molecular formula is C22H24ClNO4S. The maximum Gasteiger partial charge on any atom is 0.242 e. The predicted molar refractivity (Wildman–Crippen MR) is 112 cm³/mol. The number of piperidine rings is 1. The van der Waals surface area contributed by atoms with Crippen molar-refractivity contribution in [2.24, 2.45) is 0 Å². The molecule has 1 amide bonds. The molecule has 1 fully saturated rings. The fourth-order valence-electron chi connectivity index (χ4n) is 4.23. The molecule has 0 spiro atoms. The number of nitrogens with one attached hydrogen (secondary N) is 1. The molecular weight excluding hydrogens is 410 g/mol. The number of hydrogen-bond acceptors (Lipinski definition) is 4. The highest BCUT2D eigenvalue weighted by Crippen LogP contribution is 2.47. The highest BCUT2D eigenvalue weighted by atomic mass is 35.5. The van der Waals surface area contributed by atoms with Gasteiger partial charge in [0.1, 0.15) is 5.75 Å². The summed E-state index contributed by atoms with van der Waals surface area (Å²) in [6.07, 6.45) is 0.357. The van der Waals surface area contributed by atoms with Crippen LogP contribution in [0.4, 0.5) is 0 Å². The minimum absolute atomic E-state index is 0.0945. The second-order valence-electron chi connectivity index (χ2n) is 9.05. The smallest absolute Gasteiger partial charge is 0.242 e. The van der Waals surface area contributed by atoms with Gasteiger partial charge in [-0.3, -0.25) is 4.79 Å². The largest absolute Gasteiger partial charge is 0.468 e. The number of hydrogen-bond donors (Lipinski definition) is 1. The van der Waals surface area contributed by atoms with Crippen molar-refractivity contribution < 1.29 is 17.9 Å². The summed E-state index contributed by atoms with van der Waals surface area (Å²) in [5, 5.41) is 2.01. The monoisotopic (exact) mass is 433 g/mol. The van der Waals surface area contributed by atoms with Gasteiger partial charge in [-0.15, -0.1) is 0 Å². The van der Waals surface area contributed by atoms with Crippen molar-refractivity contribution in [3.05, 3.63) is 58.6 Å². The summed E-state index contributed by atoms with van der Waals surface area (Å²) in [7, 11) is -3.92. The van der Waals surface area contributed by atoms with Crippen LogP contribution in [0.3, 0.4) is 0 Å². The number of ether oxygens (including phenoxy) is 1. The number of carbonyl (C=O) groups is 1. The normalized spacial score (nSPS) is 26.3. The molecule has 1 N–H and O–H groups in total. The predicted octanol–water partition coefficient (Wildman–Crippen LogP) is 4.19. The van der Waals surface area contributed by atoms with E-state index in [-0.39, 0.29) is 10.3 Å². The summed E-state index contributed by atoms with van der Waals surface area (Å²) >= 11 is 6.16. The first-order chi connectivity index (χ1) is 13.4. The summed E-state index contributed by atoms with van der Waals surface area (Å²) in [4.78, 5) is 13.1. The van der Waals surface area contributed by atoms with Crippen molar-refractivity contribution in [1.82, 2.24) is 5.32 Å². The van der Waals surface area contributed by atoms with Crippen LogP contribution in [0.5, 0.6) is 5.75 Å². The fraction of sp³-hybridized carbons (Fsp3) is 0.409. The molecule has 2 bridgehead atoms. The van der Waals surface area contributed by atoms with Crippen molar-refractivity contribution in [2.45, 2.75) is 61.3 Å². The Morgan fingerprint density at radius 1 is 1.14 bits per heavy atom. The zero-order valence-electron chi connectivity index (χ0n) is 16.8. The number of benzene rings is 2. The lowest BCUT2D eigenvalue weighted by Gasteiger charge is -2.46. The molecule has 154 valence electrons. The Hall–Kier alpha value is -2.05. The highest BCUT2D eigenvalue weighted by molar-refractivity contribution is 7.92. The van der Waals surface area contributed by atoms with Gasteiger partial charge in [0, 0.05) is 22.9 Å². The van der Waals surface area contributed by atoms with E-state index in [4.69, 9.17) is 16.3 Å². The molecule has 0 aromatic heterocycles. The van der Waals surface area contributed by atoms with E-state index >= 15 is 0 Å². The quantitative estimate of drug-likeness (QED) is 0.770. The molecule has 0 radical (unpaired) electrons. The van der Waals surface area contributed by atoms with Crippen LogP contribution in [0, 0.1) is 0 Å². The van der Waals surface area contributed by atoms with Gasteiger partial charge in [-0.25, -0.2) is 8.42 Å². The lowest BCUT2D eigenvalue weighted by molar-refractivity contribution is -0.132. The Labute approximate surface area is 176 Å². The van der Waals surface area contributed by atoms with E-state index in [2.05, 4.69) is 26.1 Å². The Bertz CT molecular complexity index is 1090. The summed E-state index contributed by atoms with van der Waals surface area (Å²) in [6, 6.07) is 11.9. The number of halogens is 1. The second-order valence-corrected chi connectivity index (χ2v) is 11.6. The molecule has 4 rings (SSSR count). The highest BCUT2D eigenvalue weighted by Gasteiger charge is 2.54. The van der Waals surface area contributed by atoms with Crippen molar-refractivity contribution in [3.8, 4) is 5.75 Å². The summed E-state index contributed by atoms with van der Waals surface area (Å²) < 4.78 is 33.0. The van der Waals surface area contributed by atoms with Crippen LogP contribution in [0.2, 0.25) is 5.02 Å². The van der Waals surface area contributed by atoms with Gasteiger partial charge in [0.2, 0.25) is 5.91 Å². The lowest BCUT2D eigenvalue weighted by Crippen LogP contribution is -2.63. The first kappa shape index (κ1) is 20.2. The van der Waals surface area contributed by atoms with E-state index in [9.17, 15) is 13.2 Å². The summed E-state index contributed by atoms with van der Waals surface area (Å²) in [6.45, 7) is 7.95. The van der Waals surface area contributed by atoms with Crippen LogP contribution in [0.25, 0.3) is 0 Å². The van der Waals surface area contributed by atoms with Crippen molar-refractivity contribution >= 4 is 27.3 Å². The molecule has 2 heterocycles. The van der Waals surface area contributed by atoms with Crippen molar-refractivity contribution in [3.63, 3.8) is 0 Å². The zero-order chi connectivity index (χ0) is 21.2. The minimum Gasteiger partial charge on any atom is -0.468 e. The summed E-state index contributed by atoms with van der Waals surface area (Å²) in [5.41, 5.74) is 0.651. The maximum atomic E-state index is 13.5. The Morgan fingerprint density at radius 3 is 2.41 bits per heavy atom. The number of rotatable bonds is 2. The van der Waals surface area contributed by atoms with E-state index in [0.717, 1.165) is 5.56 Å². The topological polar surface area (TPSA) is 72.5 Å². The Morgan fingerprint density at radius 2 is 1.79 bits per heavy atom. The lowest BCUT2D eigenvalue weighted by atomic mass is 9.81. The van der Waals surface area contributed by atoms with Crippen molar-refractivity contribution in [1.29, 1.82) is 0 Å². The molecule has 0 aliphatic carbocycles. The number of amides is 1. The number of carbonyl (C=O) groups excluding carboxylic acids is 1. The molecule has 2 aliphatic rings. The molecule has 5 nitrogen and oxygen atoms in total. The first-order valence-corrected chi connectivity index (χ1v) is 11.5. The molecule has 1 saturated heterocycles. The fourth-order valence-corrected chi connectivity index (χ4v) is 6.23.